The molecule has 0 aliphatic heterocycles. The largest absolute Gasteiger partial charge is 0.301 e. The number of rotatable bonds is 4. The molecule has 0 fully saturated rings. The maximum atomic E-state index is 13.4. The standard InChI is InChI=1S/C21H23FN4O/c1-21(2,3)19-13-18(25(4)24-19)20(27)26(14-16-7-5-6-12-23-16)17-10-8-15(22)9-11-17/h5-13H,14H2,1-4H3. The summed E-state index contributed by atoms with van der Waals surface area (Å²) in [5, 5.41) is 4.49. The van der Waals surface area contributed by atoms with Gasteiger partial charge in [0.1, 0.15) is 11.5 Å². The summed E-state index contributed by atoms with van der Waals surface area (Å²) in [5.41, 5.74) is 2.49. The Balaban J connectivity index is 2.00. The number of hydrogen-bond acceptors (Lipinski definition) is 3. The number of nitrogens with zero attached hydrogens (tertiary/aromatic N) is 4. The summed E-state index contributed by atoms with van der Waals surface area (Å²) < 4.78 is 15.0. The van der Waals surface area contributed by atoms with Crippen LogP contribution in [-0.2, 0) is 19.0 Å². The molecule has 2 heterocycles. The number of hydrogen-bond donors (Lipinski definition) is 0. The van der Waals surface area contributed by atoms with E-state index in [9.17, 15) is 9.18 Å². The number of anilines is 1. The lowest BCUT2D eigenvalue weighted by atomic mass is 9.92. The van der Waals surface area contributed by atoms with Crippen LogP contribution in [0.25, 0.3) is 0 Å². The van der Waals surface area contributed by atoms with Crippen molar-refractivity contribution in [1.29, 1.82) is 0 Å². The van der Waals surface area contributed by atoms with Gasteiger partial charge in [-0.1, -0.05) is 26.8 Å². The highest BCUT2D eigenvalue weighted by Gasteiger charge is 2.26. The molecule has 0 saturated carbocycles. The van der Waals surface area contributed by atoms with Gasteiger partial charge in [-0.3, -0.25) is 14.5 Å². The topological polar surface area (TPSA) is 51.0 Å². The van der Waals surface area contributed by atoms with Crippen molar-refractivity contribution in [2.75, 3.05) is 4.90 Å². The van der Waals surface area contributed by atoms with Gasteiger partial charge in [0.05, 0.1) is 17.9 Å². The third-order valence-electron chi connectivity index (χ3n) is 4.30. The number of pyridine rings is 1. The molecule has 0 N–H and O–H groups in total. The SMILES string of the molecule is Cn1nc(C(C)(C)C)cc1C(=O)N(Cc1ccccn1)c1ccc(F)cc1. The van der Waals surface area contributed by atoms with Crippen LogP contribution in [0.1, 0.15) is 42.6 Å². The van der Waals surface area contributed by atoms with Crippen molar-refractivity contribution in [2.45, 2.75) is 32.7 Å². The zero-order valence-electron chi connectivity index (χ0n) is 16.0. The van der Waals surface area contributed by atoms with Crippen LogP contribution in [0.2, 0.25) is 0 Å². The molecule has 0 bridgehead atoms. The average Bonchev–Trinajstić information content (AvgIpc) is 3.03. The Bertz CT molecular complexity index is 927. The fraction of sp³-hybridized carbons (Fsp3) is 0.286. The van der Waals surface area contributed by atoms with Gasteiger partial charge < -0.3 is 4.90 Å². The van der Waals surface area contributed by atoms with Gasteiger partial charge in [0.2, 0.25) is 0 Å². The van der Waals surface area contributed by atoms with Crippen molar-refractivity contribution in [3.05, 3.63) is 77.6 Å². The van der Waals surface area contributed by atoms with E-state index in [0.717, 1.165) is 11.4 Å². The number of aromatic nitrogens is 3. The predicted molar refractivity (Wildman–Crippen MR) is 103 cm³/mol. The molecule has 140 valence electrons. The maximum Gasteiger partial charge on any atom is 0.276 e. The third kappa shape index (κ3) is 4.22. The first-order valence-electron chi connectivity index (χ1n) is 8.77. The number of aryl methyl sites for hydroxylation is 1. The van der Waals surface area contributed by atoms with E-state index < -0.39 is 0 Å². The van der Waals surface area contributed by atoms with Crippen LogP contribution >= 0.6 is 0 Å². The lowest BCUT2D eigenvalue weighted by Crippen LogP contribution is -2.32. The molecule has 1 amide bonds. The second-order valence-electron chi connectivity index (χ2n) is 7.48. The van der Waals surface area contributed by atoms with E-state index >= 15 is 0 Å². The van der Waals surface area contributed by atoms with Gasteiger partial charge in [0.15, 0.2) is 0 Å². The van der Waals surface area contributed by atoms with Gasteiger partial charge in [0, 0.05) is 24.3 Å². The molecule has 0 saturated heterocycles. The minimum absolute atomic E-state index is 0.169. The number of amides is 1. The van der Waals surface area contributed by atoms with Gasteiger partial charge in [-0.2, -0.15) is 5.10 Å². The number of carbonyl (C=O) groups is 1. The Morgan fingerprint density at radius 3 is 2.41 bits per heavy atom. The molecule has 2 aromatic heterocycles. The highest BCUT2D eigenvalue weighted by Crippen LogP contribution is 2.24. The van der Waals surface area contributed by atoms with Crippen molar-refractivity contribution < 1.29 is 9.18 Å². The Morgan fingerprint density at radius 1 is 1.15 bits per heavy atom. The molecule has 0 atom stereocenters. The van der Waals surface area contributed by atoms with Gasteiger partial charge in [-0.05, 0) is 42.5 Å². The summed E-state index contributed by atoms with van der Waals surface area (Å²) in [6, 6.07) is 13.2. The molecule has 3 rings (SSSR count). The Kier molecular flexibility index (Phi) is 5.08. The normalized spacial score (nSPS) is 11.4. The zero-order chi connectivity index (χ0) is 19.6. The minimum Gasteiger partial charge on any atom is -0.301 e. The first-order valence-corrected chi connectivity index (χ1v) is 8.77. The summed E-state index contributed by atoms with van der Waals surface area (Å²) in [7, 11) is 1.76. The zero-order valence-corrected chi connectivity index (χ0v) is 16.0. The Morgan fingerprint density at radius 2 is 1.85 bits per heavy atom. The van der Waals surface area contributed by atoms with E-state index in [-0.39, 0.29) is 23.7 Å². The fourth-order valence-corrected chi connectivity index (χ4v) is 2.73. The van der Waals surface area contributed by atoms with Crippen LogP contribution in [0.5, 0.6) is 0 Å². The summed E-state index contributed by atoms with van der Waals surface area (Å²) in [4.78, 5) is 19.2. The van der Waals surface area contributed by atoms with Gasteiger partial charge >= 0.3 is 0 Å². The monoisotopic (exact) mass is 366 g/mol. The molecule has 5 nitrogen and oxygen atoms in total. The van der Waals surface area contributed by atoms with Crippen LogP contribution in [0.15, 0.2) is 54.7 Å². The van der Waals surface area contributed by atoms with Crippen molar-refractivity contribution in [3.63, 3.8) is 0 Å². The van der Waals surface area contributed by atoms with E-state index in [1.807, 2.05) is 24.3 Å². The first-order chi connectivity index (χ1) is 12.8. The molecular weight excluding hydrogens is 343 g/mol. The van der Waals surface area contributed by atoms with Crippen LogP contribution in [0.3, 0.4) is 0 Å². The highest BCUT2D eigenvalue weighted by molar-refractivity contribution is 6.05. The van der Waals surface area contributed by atoms with Gasteiger partial charge in [-0.25, -0.2) is 4.39 Å². The second kappa shape index (κ2) is 7.31. The van der Waals surface area contributed by atoms with Crippen molar-refractivity contribution >= 4 is 11.6 Å². The number of halogens is 1. The van der Waals surface area contributed by atoms with Gasteiger partial charge in [-0.15, -0.1) is 0 Å². The molecule has 0 aliphatic rings. The molecule has 1 aromatic carbocycles. The van der Waals surface area contributed by atoms with Crippen LogP contribution < -0.4 is 4.90 Å². The molecule has 3 aromatic rings. The number of carbonyl (C=O) groups excluding carboxylic acids is 1. The van der Waals surface area contributed by atoms with Crippen LogP contribution in [0.4, 0.5) is 10.1 Å². The molecule has 6 heteroatoms. The van der Waals surface area contributed by atoms with Crippen LogP contribution in [-0.4, -0.2) is 20.7 Å². The van der Waals surface area contributed by atoms with E-state index in [4.69, 9.17) is 0 Å². The molecule has 0 radical (unpaired) electrons. The van der Waals surface area contributed by atoms with Gasteiger partial charge in [0.25, 0.3) is 5.91 Å². The fourth-order valence-electron chi connectivity index (χ4n) is 2.73. The average molecular weight is 366 g/mol. The molecule has 0 spiro atoms. The maximum absolute atomic E-state index is 13.4. The lowest BCUT2D eigenvalue weighted by Gasteiger charge is -2.22. The molecule has 27 heavy (non-hydrogen) atoms. The molecule has 0 unspecified atom stereocenters. The van der Waals surface area contributed by atoms with Crippen molar-refractivity contribution in [3.8, 4) is 0 Å². The van der Waals surface area contributed by atoms with E-state index in [1.54, 1.807) is 35.0 Å². The summed E-state index contributed by atoms with van der Waals surface area (Å²) >= 11 is 0. The smallest absolute Gasteiger partial charge is 0.276 e. The van der Waals surface area contributed by atoms with E-state index in [1.165, 1.54) is 12.1 Å². The van der Waals surface area contributed by atoms with Crippen LogP contribution in [0, 0.1) is 5.82 Å². The third-order valence-corrected chi connectivity index (χ3v) is 4.30. The predicted octanol–water partition coefficient (Wildman–Crippen LogP) is 4.10. The van der Waals surface area contributed by atoms with E-state index in [2.05, 4.69) is 30.9 Å². The second-order valence-corrected chi connectivity index (χ2v) is 7.48. The lowest BCUT2D eigenvalue weighted by molar-refractivity contribution is 0.0975. The molecule has 0 aliphatic carbocycles. The summed E-state index contributed by atoms with van der Waals surface area (Å²) in [6.07, 6.45) is 1.68. The quantitative estimate of drug-likeness (QED) is 0.699. The number of benzene rings is 1. The Labute approximate surface area is 158 Å². The molecular formula is C21H23FN4O. The van der Waals surface area contributed by atoms with Crippen molar-refractivity contribution in [1.82, 2.24) is 14.8 Å². The Hall–Kier alpha value is -3.02. The van der Waals surface area contributed by atoms with E-state index in [0.29, 0.717) is 11.4 Å². The first kappa shape index (κ1) is 18.8. The summed E-state index contributed by atoms with van der Waals surface area (Å²) in [5.74, 6) is -0.558. The van der Waals surface area contributed by atoms with Crippen molar-refractivity contribution in [2.24, 2.45) is 7.05 Å². The highest BCUT2D eigenvalue weighted by atomic mass is 19.1. The summed E-state index contributed by atoms with van der Waals surface area (Å²) in [6.45, 7) is 6.43. The minimum atomic E-state index is -0.348.